The fourth-order valence-electron chi connectivity index (χ4n) is 6.09. The van der Waals surface area contributed by atoms with E-state index in [1.54, 1.807) is 6.08 Å². The van der Waals surface area contributed by atoms with Crippen molar-refractivity contribution in [1.82, 2.24) is 0 Å². The zero-order chi connectivity index (χ0) is 44.5. The number of unbranched alkanes of at least 4 members (excludes halogenated alkanes) is 16. The number of phosphoric acid groups is 1. The van der Waals surface area contributed by atoms with E-state index < -0.39 is 69.9 Å². The van der Waals surface area contributed by atoms with E-state index in [2.05, 4.69) is 48.8 Å². The molecule has 14 heteroatoms. The summed E-state index contributed by atoms with van der Waals surface area (Å²) in [7, 11) is -4.80. The Bertz CT molecular complexity index is 1240. The molecule has 0 saturated heterocycles. The Hall–Kier alpha value is -2.64. The minimum absolute atomic E-state index is 0.114. The predicted octanol–water partition coefficient (Wildman–Crippen LogP) is 10.1. The summed E-state index contributed by atoms with van der Waals surface area (Å²) in [6.45, 7) is 2.40. The van der Waals surface area contributed by atoms with Crippen LogP contribution in [0, 0.1) is 0 Å². The van der Waals surface area contributed by atoms with Crippen molar-refractivity contribution in [3.63, 3.8) is 0 Å². The fourth-order valence-corrected chi connectivity index (χ4v) is 6.87. The number of esters is 2. The van der Waals surface area contributed by atoms with Gasteiger partial charge in [0.25, 0.3) is 0 Å². The lowest BCUT2D eigenvalue weighted by atomic mass is 10.0. The van der Waals surface area contributed by atoms with Crippen molar-refractivity contribution < 1.29 is 57.7 Å². The van der Waals surface area contributed by atoms with Gasteiger partial charge >= 0.3 is 25.7 Å². The third kappa shape index (κ3) is 38.3. The molecule has 0 amide bonds. The molecule has 0 spiro atoms. The van der Waals surface area contributed by atoms with E-state index in [-0.39, 0.29) is 32.1 Å². The number of aliphatic hydroxyl groups excluding tert-OH is 2. The number of aliphatic hydroxyl groups is 2. The van der Waals surface area contributed by atoms with Crippen molar-refractivity contribution in [1.29, 1.82) is 0 Å². The second kappa shape index (κ2) is 40.4. The molecule has 0 aromatic carbocycles. The predicted molar refractivity (Wildman–Crippen MR) is 238 cm³/mol. The maximum absolute atomic E-state index is 12.7. The lowest BCUT2D eigenvalue weighted by Crippen LogP contribution is -2.34. The van der Waals surface area contributed by atoms with E-state index in [0.717, 1.165) is 38.5 Å². The average molecular weight is 872 g/mol. The third-order valence-corrected chi connectivity index (χ3v) is 10.7. The number of aliphatic carboxylic acids is 1. The second-order valence-corrected chi connectivity index (χ2v) is 16.9. The van der Waals surface area contributed by atoms with Gasteiger partial charge in [0, 0.05) is 12.8 Å². The first-order chi connectivity index (χ1) is 28.9. The third-order valence-electron chi connectivity index (χ3n) is 9.79. The van der Waals surface area contributed by atoms with Gasteiger partial charge in [-0.2, -0.15) is 0 Å². The number of carboxylic acid groups (broad SMARTS) is 1. The summed E-state index contributed by atoms with van der Waals surface area (Å²) in [5, 5.41) is 29.6. The summed E-state index contributed by atoms with van der Waals surface area (Å²) in [5.74, 6) is -2.70. The molecular weight excluding hydrogens is 789 g/mol. The lowest BCUT2D eigenvalue weighted by Gasteiger charge is -2.20. The number of rotatable bonds is 42. The first kappa shape index (κ1) is 57.4. The Kier molecular flexibility index (Phi) is 38.7. The molecule has 13 nitrogen and oxygen atoms in total. The van der Waals surface area contributed by atoms with Crippen LogP contribution in [-0.2, 0) is 37.5 Å². The average Bonchev–Trinajstić information content (AvgIpc) is 3.22. The number of hydrogen-bond donors (Lipinski definition) is 5. The summed E-state index contributed by atoms with van der Waals surface area (Å²) in [4.78, 5) is 46.1. The highest BCUT2D eigenvalue weighted by Crippen LogP contribution is 2.43. The maximum atomic E-state index is 12.7. The Balaban J connectivity index is 4.56. The summed E-state index contributed by atoms with van der Waals surface area (Å²) in [5.41, 5.74) is 5.32. The van der Waals surface area contributed by atoms with Crippen LogP contribution in [0.2, 0.25) is 0 Å². The number of carbonyl (C=O) groups excluding carboxylic acids is 2. The highest BCUT2D eigenvalue weighted by molar-refractivity contribution is 7.47. The van der Waals surface area contributed by atoms with Crippen LogP contribution in [-0.4, -0.2) is 82.3 Å². The second-order valence-electron chi connectivity index (χ2n) is 15.5. The molecule has 0 aromatic rings. The van der Waals surface area contributed by atoms with Crippen LogP contribution in [0.15, 0.2) is 48.6 Å². The minimum atomic E-state index is -4.80. The van der Waals surface area contributed by atoms with Crippen molar-refractivity contribution in [2.45, 2.75) is 205 Å². The van der Waals surface area contributed by atoms with Crippen LogP contribution < -0.4 is 5.73 Å². The van der Waals surface area contributed by atoms with Gasteiger partial charge in [-0.1, -0.05) is 165 Å². The lowest BCUT2D eigenvalue weighted by molar-refractivity contribution is -0.161. The van der Waals surface area contributed by atoms with Gasteiger partial charge in [0.05, 0.1) is 25.4 Å². The monoisotopic (exact) mass is 872 g/mol. The fraction of sp³-hybridized carbons (Fsp3) is 0.761. The van der Waals surface area contributed by atoms with Gasteiger partial charge in [0.15, 0.2) is 6.10 Å². The number of phosphoric ester groups is 1. The Labute approximate surface area is 361 Å². The molecule has 0 fully saturated rings. The number of allylic oxidation sites excluding steroid dienone is 7. The van der Waals surface area contributed by atoms with Crippen LogP contribution in [0.5, 0.6) is 0 Å². The number of nitrogens with two attached hydrogens (primary N) is 1. The zero-order valence-corrected chi connectivity index (χ0v) is 37.9. The van der Waals surface area contributed by atoms with Crippen molar-refractivity contribution in [2.75, 3.05) is 19.8 Å². The Morgan fingerprint density at radius 2 is 1.03 bits per heavy atom. The van der Waals surface area contributed by atoms with Crippen molar-refractivity contribution in [2.24, 2.45) is 5.73 Å². The standard InChI is InChI=1S/C46H82NO12P/c1-3-5-7-9-11-13-15-17-18-19-20-21-23-25-27-29-31-35-44(50)56-37-40(38-57-60(54,55)58-39-41(47)46(52)53)59-45(51)36-32-34-43(49)42(48)33-30-28-26-24-22-16-14-12-10-8-6-4-2/h6,8,12,14,22,24,28,30,40-43,48-49H,3-5,7,9-11,13,15-21,23,25-27,29,31-39,47H2,1-2H3,(H,52,53)(H,54,55)/b8-6-,14-12-,24-22-,30-28-/t40-,41+,42-,43-/m1/s1. The van der Waals surface area contributed by atoms with Gasteiger partial charge in [-0.05, 0) is 51.4 Å². The molecule has 5 atom stereocenters. The van der Waals surface area contributed by atoms with Crippen LogP contribution in [0.3, 0.4) is 0 Å². The molecule has 0 rings (SSSR count). The molecule has 0 radical (unpaired) electrons. The molecule has 0 saturated carbocycles. The first-order valence-electron chi connectivity index (χ1n) is 22.8. The van der Waals surface area contributed by atoms with Crippen molar-refractivity contribution >= 4 is 25.7 Å². The first-order valence-corrected chi connectivity index (χ1v) is 24.3. The Morgan fingerprint density at radius 1 is 0.583 bits per heavy atom. The molecule has 348 valence electrons. The van der Waals surface area contributed by atoms with E-state index in [1.807, 2.05) is 12.2 Å². The molecule has 0 heterocycles. The summed E-state index contributed by atoms with van der Waals surface area (Å²) < 4.78 is 32.5. The number of ether oxygens (including phenoxy) is 2. The highest BCUT2D eigenvalue weighted by Gasteiger charge is 2.28. The number of carbonyl (C=O) groups is 3. The van der Waals surface area contributed by atoms with Crippen LogP contribution >= 0.6 is 7.82 Å². The molecule has 0 aliphatic carbocycles. The summed E-state index contributed by atoms with van der Waals surface area (Å²) in [6.07, 6.45) is 37.7. The van der Waals surface area contributed by atoms with Gasteiger partial charge in [-0.15, -0.1) is 0 Å². The molecule has 0 aromatic heterocycles. The minimum Gasteiger partial charge on any atom is -0.480 e. The summed E-state index contributed by atoms with van der Waals surface area (Å²) in [6, 6.07) is -1.57. The topological polar surface area (TPSA) is 212 Å². The summed E-state index contributed by atoms with van der Waals surface area (Å²) >= 11 is 0. The number of hydrogen-bond acceptors (Lipinski definition) is 11. The molecule has 60 heavy (non-hydrogen) atoms. The van der Waals surface area contributed by atoms with Crippen molar-refractivity contribution in [3.8, 4) is 0 Å². The van der Waals surface area contributed by atoms with Gasteiger partial charge in [0.1, 0.15) is 12.6 Å². The molecule has 1 unspecified atom stereocenters. The molecule has 6 N–H and O–H groups in total. The van der Waals surface area contributed by atoms with Crippen LogP contribution in [0.4, 0.5) is 0 Å². The van der Waals surface area contributed by atoms with Crippen LogP contribution in [0.1, 0.15) is 181 Å². The van der Waals surface area contributed by atoms with Crippen LogP contribution in [0.25, 0.3) is 0 Å². The van der Waals surface area contributed by atoms with Gasteiger partial charge in [-0.3, -0.25) is 23.4 Å². The Morgan fingerprint density at radius 3 is 1.53 bits per heavy atom. The molecule has 0 bridgehead atoms. The van der Waals surface area contributed by atoms with E-state index in [4.69, 9.17) is 24.8 Å². The van der Waals surface area contributed by atoms with E-state index in [0.29, 0.717) is 12.8 Å². The highest BCUT2D eigenvalue weighted by atomic mass is 31.2. The molecular formula is C46H82NO12P. The molecule has 0 aliphatic rings. The zero-order valence-electron chi connectivity index (χ0n) is 37.0. The normalized spacial score (nSPS) is 15.2. The maximum Gasteiger partial charge on any atom is 0.472 e. The molecule has 0 aliphatic heterocycles. The van der Waals surface area contributed by atoms with E-state index >= 15 is 0 Å². The largest absolute Gasteiger partial charge is 0.480 e. The van der Waals surface area contributed by atoms with E-state index in [1.165, 1.54) is 83.5 Å². The van der Waals surface area contributed by atoms with E-state index in [9.17, 15) is 34.1 Å². The number of carboxylic acids is 1. The van der Waals surface area contributed by atoms with Gasteiger partial charge < -0.3 is 35.4 Å². The smallest absolute Gasteiger partial charge is 0.472 e. The quantitative estimate of drug-likeness (QED) is 0.0167. The van der Waals surface area contributed by atoms with Gasteiger partial charge in [0.2, 0.25) is 0 Å². The van der Waals surface area contributed by atoms with Crippen molar-refractivity contribution in [3.05, 3.63) is 48.6 Å². The van der Waals surface area contributed by atoms with Gasteiger partial charge in [-0.25, -0.2) is 4.57 Å². The SMILES string of the molecule is CC/C=C\C/C=C\C/C=C\C/C=C\C[C@@H](O)[C@H](O)CCCC(=O)O[C@H](COC(=O)CCCCCCCCCCCCCCCCCCC)COP(=O)(O)OC[C@H](N)C(=O)O.